The molecule has 0 spiro atoms. The number of aliphatic hydroxyl groups excluding tert-OH is 1. The Hall–Kier alpha value is -1.61. The Kier molecular flexibility index (Phi) is 6.22. The zero-order chi connectivity index (χ0) is 16.4. The number of hydrogen-bond donors (Lipinski definition) is 3. The zero-order valence-corrected chi connectivity index (χ0v) is 14.1. The minimum atomic E-state index is -0.883. The van der Waals surface area contributed by atoms with Crippen LogP contribution in [0.25, 0.3) is 0 Å². The van der Waals surface area contributed by atoms with Crippen LogP contribution in [0.4, 0.5) is 13.9 Å². The van der Waals surface area contributed by atoms with E-state index in [4.69, 9.17) is 0 Å². The highest BCUT2D eigenvalue weighted by molar-refractivity contribution is 7.15. The van der Waals surface area contributed by atoms with Crippen LogP contribution in [0.1, 0.15) is 16.9 Å². The lowest BCUT2D eigenvalue weighted by molar-refractivity contribution is -0.117. The van der Waals surface area contributed by atoms with Gasteiger partial charge in [0.25, 0.3) is 0 Å². The third kappa shape index (κ3) is 4.47. The van der Waals surface area contributed by atoms with Crippen molar-refractivity contribution in [1.29, 1.82) is 0 Å². The molecule has 0 radical (unpaired) electrons. The minimum Gasteiger partial charge on any atom is -0.392 e. The SMILES string of the molecule is Cl.O=C(Nc1ncc(Cc2ccc(F)c(F)c2)s1)C1CC(O)CN1. The average Bonchev–Trinajstić information content (AvgIpc) is 3.12. The van der Waals surface area contributed by atoms with E-state index >= 15 is 0 Å². The van der Waals surface area contributed by atoms with Gasteiger partial charge in [0.1, 0.15) is 0 Å². The molecule has 1 aromatic heterocycles. The van der Waals surface area contributed by atoms with Crippen LogP contribution >= 0.6 is 23.7 Å². The van der Waals surface area contributed by atoms with Crippen LogP contribution in [0, 0.1) is 11.6 Å². The number of thiazole rings is 1. The van der Waals surface area contributed by atoms with Crippen molar-refractivity contribution in [3.05, 3.63) is 46.5 Å². The zero-order valence-electron chi connectivity index (χ0n) is 12.5. The molecule has 1 saturated heterocycles. The molecule has 2 aromatic rings. The Labute approximate surface area is 147 Å². The minimum absolute atomic E-state index is 0. The van der Waals surface area contributed by atoms with Crippen LogP contribution < -0.4 is 10.6 Å². The molecule has 1 aliphatic heterocycles. The first-order chi connectivity index (χ1) is 11.0. The predicted molar refractivity (Wildman–Crippen MR) is 89.6 cm³/mol. The molecule has 5 nitrogen and oxygen atoms in total. The first-order valence-electron chi connectivity index (χ1n) is 7.12. The van der Waals surface area contributed by atoms with Gasteiger partial charge in [-0.2, -0.15) is 0 Å². The largest absolute Gasteiger partial charge is 0.392 e. The molecule has 130 valence electrons. The molecular formula is C15H16ClF2N3O2S. The van der Waals surface area contributed by atoms with Crippen molar-refractivity contribution in [3.63, 3.8) is 0 Å². The summed E-state index contributed by atoms with van der Waals surface area (Å²) in [7, 11) is 0. The van der Waals surface area contributed by atoms with Gasteiger partial charge in [-0.05, 0) is 24.1 Å². The molecule has 1 aliphatic rings. The molecule has 3 rings (SSSR count). The molecule has 1 amide bonds. The molecule has 24 heavy (non-hydrogen) atoms. The number of carbonyl (C=O) groups excluding carboxylic acids is 1. The van der Waals surface area contributed by atoms with Crippen molar-refractivity contribution in [2.75, 3.05) is 11.9 Å². The Morgan fingerprint density at radius 3 is 2.88 bits per heavy atom. The lowest BCUT2D eigenvalue weighted by Gasteiger charge is -2.08. The third-order valence-corrected chi connectivity index (χ3v) is 4.48. The number of aromatic nitrogens is 1. The van der Waals surface area contributed by atoms with Crippen LogP contribution in [0.3, 0.4) is 0 Å². The van der Waals surface area contributed by atoms with E-state index in [9.17, 15) is 18.7 Å². The van der Waals surface area contributed by atoms with Crippen molar-refractivity contribution in [2.24, 2.45) is 0 Å². The molecule has 0 saturated carbocycles. The highest BCUT2D eigenvalue weighted by Crippen LogP contribution is 2.22. The fourth-order valence-corrected chi connectivity index (χ4v) is 3.26. The van der Waals surface area contributed by atoms with Gasteiger partial charge in [0, 0.05) is 24.0 Å². The van der Waals surface area contributed by atoms with E-state index in [2.05, 4.69) is 15.6 Å². The maximum Gasteiger partial charge on any atom is 0.243 e. The van der Waals surface area contributed by atoms with Crippen LogP contribution in [-0.4, -0.2) is 34.7 Å². The molecule has 1 fully saturated rings. The van der Waals surface area contributed by atoms with E-state index < -0.39 is 23.8 Å². The topological polar surface area (TPSA) is 74.2 Å². The fraction of sp³-hybridized carbons (Fsp3) is 0.333. The summed E-state index contributed by atoms with van der Waals surface area (Å²) in [5.74, 6) is -2.00. The summed E-state index contributed by atoms with van der Waals surface area (Å²) in [6.07, 6.45) is 1.87. The number of hydrogen-bond acceptors (Lipinski definition) is 5. The second-order valence-corrected chi connectivity index (χ2v) is 6.51. The number of nitrogens with one attached hydrogen (secondary N) is 2. The van der Waals surface area contributed by atoms with E-state index in [1.807, 2.05) is 0 Å². The van der Waals surface area contributed by atoms with E-state index in [1.54, 1.807) is 6.20 Å². The maximum absolute atomic E-state index is 13.2. The Morgan fingerprint density at radius 1 is 1.42 bits per heavy atom. The average molecular weight is 376 g/mol. The van der Waals surface area contributed by atoms with Gasteiger partial charge in [-0.15, -0.1) is 23.7 Å². The van der Waals surface area contributed by atoms with Gasteiger partial charge >= 0.3 is 0 Å². The molecule has 2 atom stereocenters. The number of β-amino-alcohol motifs (C(OH)–C–C–N with tert-alkyl or cyclic N) is 1. The second kappa shape index (κ2) is 7.98. The normalized spacial score (nSPS) is 19.8. The van der Waals surface area contributed by atoms with Crippen molar-refractivity contribution >= 4 is 34.8 Å². The van der Waals surface area contributed by atoms with Crippen molar-refractivity contribution in [1.82, 2.24) is 10.3 Å². The number of benzene rings is 1. The standard InChI is InChI=1S/C15H15F2N3O2S.ClH/c16-11-2-1-8(4-12(11)17)3-10-7-19-15(23-10)20-14(22)13-5-9(21)6-18-13;/h1-2,4,7,9,13,18,21H,3,5-6H2,(H,19,20,22);1H. The number of anilines is 1. The highest BCUT2D eigenvalue weighted by Gasteiger charge is 2.28. The number of halogens is 3. The van der Waals surface area contributed by atoms with Crippen molar-refractivity contribution < 1.29 is 18.7 Å². The molecule has 3 N–H and O–H groups in total. The third-order valence-electron chi connectivity index (χ3n) is 3.57. The lowest BCUT2D eigenvalue weighted by atomic mass is 10.1. The molecule has 1 aromatic carbocycles. The van der Waals surface area contributed by atoms with Gasteiger partial charge in [-0.25, -0.2) is 13.8 Å². The van der Waals surface area contributed by atoms with E-state index in [-0.39, 0.29) is 18.3 Å². The molecule has 2 heterocycles. The molecule has 9 heteroatoms. The van der Waals surface area contributed by atoms with E-state index in [1.165, 1.54) is 17.4 Å². The van der Waals surface area contributed by atoms with Crippen LogP contribution in [-0.2, 0) is 11.2 Å². The van der Waals surface area contributed by atoms with Gasteiger partial charge in [0.05, 0.1) is 12.1 Å². The first kappa shape index (κ1) is 18.7. The first-order valence-corrected chi connectivity index (χ1v) is 7.94. The second-order valence-electron chi connectivity index (χ2n) is 5.40. The van der Waals surface area contributed by atoms with E-state index in [0.29, 0.717) is 30.1 Å². The number of carbonyl (C=O) groups is 1. The van der Waals surface area contributed by atoms with Crippen molar-refractivity contribution in [3.8, 4) is 0 Å². The van der Waals surface area contributed by atoms with Gasteiger partial charge in [-0.1, -0.05) is 6.07 Å². The number of amides is 1. The Bertz CT molecular complexity index is 728. The number of rotatable bonds is 4. The number of aliphatic hydroxyl groups is 1. The summed E-state index contributed by atoms with van der Waals surface area (Å²) in [6, 6.07) is 3.33. The molecular weight excluding hydrogens is 360 g/mol. The van der Waals surface area contributed by atoms with Gasteiger partial charge in [0.15, 0.2) is 16.8 Å². The monoisotopic (exact) mass is 375 g/mol. The summed E-state index contributed by atoms with van der Waals surface area (Å²) in [6.45, 7) is 0.400. The van der Waals surface area contributed by atoms with Gasteiger partial charge < -0.3 is 15.7 Å². The lowest BCUT2D eigenvalue weighted by Crippen LogP contribution is -2.35. The smallest absolute Gasteiger partial charge is 0.243 e. The predicted octanol–water partition coefficient (Wildman–Crippen LogP) is 2.10. The van der Waals surface area contributed by atoms with Crippen LogP contribution in [0.15, 0.2) is 24.4 Å². The summed E-state index contributed by atoms with van der Waals surface area (Å²) in [5.41, 5.74) is 0.631. The maximum atomic E-state index is 13.2. The van der Waals surface area contributed by atoms with Gasteiger partial charge in [0.2, 0.25) is 5.91 Å². The van der Waals surface area contributed by atoms with Gasteiger partial charge in [-0.3, -0.25) is 4.79 Å². The fourth-order valence-electron chi connectivity index (χ4n) is 2.41. The molecule has 0 aliphatic carbocycles. The van der Waals surface area contributed by atoms with Crippen LogP contribution in [0.2, 0.25) is 0 Å². The highest BCUT2D eigenvalue weighted by atomic mass is 35.5. The van der Waals surface area contributed by atoms with Crippen molar-refractivity contribution in [2.45, 2.75) is 25.0 Å². The Balaban J connectivity index is 0.00000208. The Morgan fingerprint density at radius 2 is 2.21 bits per heavy atom. The number of nitrogens with zero attached hydrogens (tertiary/aromatic N) is 1. The van der Waals surface area contributed by atoms with Crippen LogP contribution in [0.5, 0.6) is 0 Å². The summed E-state index contributed by atoms with van der Waals surface area (Å²) in [4.78, 5) is 16.9. The quantitative estimate of drug-likeness (QED) is 0.765. The molecule has 2 unspecified atom stereocenters. The summed E-state index contributed by atoms with van der Waals surface area (Å²) >= 11 is 1.28. The van der Waals surface area contributed by atoms with E-state index in [0.717, 1.165) is 17.0 Å². The molecule has 0 bridgehead atoms. The summed E-state index contributed by atoms with van der Waals surface area (Å²) < 4.78 is 26.1. The summed E-state index contributed by atoms with van der Waals surface area (Å²) in [5, 5.41) is 15.5.